The van der Waals surface area contributed by atoms with Gasteiger partial charge in [0.05, 0.1) is 4.92 Å². The van der Waals surface area contributed by atoms with Gasteiger partial charge in [0.15, 0.2) is 5.75 Å². The molecule has 0 aliphatic heterocycles. The van der Waals surface area contributed by atoms with Gasteiger partial charge in [0, 0.05) is 6.54 Å². The molecule has 2 N–H and O–H groups in total. The molecule has 0 amide bonds. The largest absolute Gasteiger partial charge is 0.502 e. The molecule has 0 unspecified atom stereocenters. The summed E-state index contributed by atoms with van der Waals surface area (Å²) in [5, 5.41) is 22.5. The van der Waals surface area contributed by atoms with Crippen molar-refractivity contribution in [3.8, 4) is 5.75 Å². The maximum atomic E-state index is 10.5. The average molecular weight is 182 g/mol. The molecular formula is C8H10N2O3. The van der Waals surface area contributed by atoms with Gasteiger partial charge in [-0.3, -0.25) is 10.1 Å². The lowest BCUT2D eigenvalue weighted by Gasteiger charge is -2.04. The monoisotopic (exact) mass is 182 g/mol. The molecule has 0 fully saturated rings. The van der Waals surface area contributed by atoms with E-state index in [1.807, 2.05) is 6.92 Å². The van der Waals surface area contributed by atoms with Crippen LogP contribution >= 0.6 is 0 Å². The Labute approximate surface area is 75.2 Å². The first-order chi connectivity index (χ1) is 6.16. The second kappa shape index (κ2) is 3.75. The molecule has 1 rings (SSSR count). The van der Waals surface area contributed by atoms with E-state index in [9.17, 15) is 15.2 Å². The third-order valence-corrected chi connectivity index (χ3v) is 1.56. The van der Waals surface area contributed by atoms with Gasteiger partial charge in [0.2, 0.25) is 0 Å². The van der Waals surface area contributed by atoms with Gasteiger partial charge in [0.1, 0.15) is 5.69 Å². The minimum Gasteiger partial charge on any atom is -0.502 e. The van der Waals surface area contributed by atoms with E-state index in [1.165, 1.54) is 6.07 Å². The fraction of sp³-hybridized carbons (Fsp3) is 0.250. The number of rotatable bonds is 3. The van der Waals surface area contributed by atoms with E-state index in [-0.39, 0.29) is 11.4 Å². The number of nitro benzene ring substituents is 1. The maximum absolute atomic E-state index is 10.5. The summed E-state index contributed by atoms with van der Waals surface area (Å²) in [6, 6.07) is 4.40. The van der Waals surface area contributed by atoms with Crippen LogP contribution in [-0.2, 0) is 0 Å². The van der Waals surface area contributed by atoms with Crippen LogP contribution in [0.1, 0.15) is 6.92 Å². The van der Waals surface area contributed by atoms with Gasteiger partial charge >= 0.3 is 5.69 Å². The predicted molar refractivity (Wildman–Crippen MR) is 48.9 cm³/mol. The first kappa shape index (κ1) is 9.31. The first-order valence-electron chi connectivity index (χ1n) is 3.87. The average Bonchev–Trinajstić information content (AvgIpc) is 2.04. The number of nitrogens with zero attached hydrogens (tertiary/aromatic N) is 1. The number of hydrogen-bond donors (Lipinski definition) is 2. The van der Waals surface area contributed by atoms with E-state index in [4.69, 9.17) is 0 Å². The van der Waals surface area contributed by atoms with Crippen molar-refractivity contribution in [2.24, 2.45) is 0 Å². The van der Waals surface area contributed by atoms with Crippen molar-refractivity contribution >= 4 is 11.4 Å². The van der Waals surface area contributed by atoms with E-state index < -0.39 is 4.92 Å². The summed E-state index contributed by atoms with van der Waals surface area (Å²) in [5.74, 6) is -0.316. The van der Waals surface area contributed by atoms with Crippen LogP contribution in [-0.4, -0.2) is 16.6 Å². The molecule has 0 heterocycles. The molecule has 0 bridgehead atoms. The van der Waals surface area contributed by atoms with Gasteiger partial charge in [-0.25, -0.2) is 0 Å². The molecule has 5 nitrogen and oxygen atoms in total. The Kier molecular flexibility index (Phi) is 2.69. The Morgan fingerprint density at radius 2 is 2.31 bits per heavy atom. The lowest BCUT2D eigenvalue weighted by molar-refractivity contribution is -0.384. The molecule has 0 spiro atoms. The second-order valence-corrected chi connectivity index (χ2v) is 2.46. The highest BCUT2D eigenvalue weighted by atomic mass is 16.6. The Morgan fingerprint density at radius 1 is 1.62 bits per heavy atom. The molecule has 0 aromatic heterocycles. The quantitative estimate of drug-likeness (QED) is 0.551. The maximum Gasteiger partial charge on any atom is 0.333 e. The number of nitrogens with one attached hydrogen (secondary N) is 1. The van der Waals surface area contributed by atoms with Crippen molar-refractivity contribution in [1.82, 2.24) is 0 Å². The van der Waals surface area contributed by atoms with Crippen LogP contribution in [0.3, 0.4) is 0 Å². The summed E-state index contributed by atoms with van der Waals surface area (Å²) >= 11 is 0. The molecule has 0 atom stereocenters. The molecule has 0 aliphatic carbocycles. The summed E-state index contributed by atoms with van der Waals surface area (Å²) < 4.78 is 0. The first-order valence-corrected chi connectivity index (χ1v) is 3.87. The number of aromatic hydroxyl groups is 1. The van der Waals surface area contributed by atoms with E-state index in [2.05, 4.69) is 5.32 Å². The lowest BCUT2D eigenvalue weighted by atomic mass is 10.2. The smallest absolute Gasteiger partial charge is 0.333 e. The molecule has 1 aromatic rings. The van der Waals surface area contributed by atoms with Crippen LogP contribution in [0.5, 0.6) is 5.75 Å². The van der Waals surface area contributed by atoms with Gasteiger partial charge in [-0.05, 0) is 19.1 Å². The number of phenolic OH excluding ortho intramolecular Hbond substituents is 1. The van der Waals surface area contributed by atoms with Crippen molar-refractivity contribution in [3.63, 3.8) is 0 Å². The molecule has 1 aromatic carbocycles. The molecular weight excluding hydrogens is 172 g/mol. The van der Waals surface area contributed by atoms with Crippen molar-refractivity contribution in [3.05, 3.63) is 28.3 Å². The van der Waals surface area contributed by atoms with Crippen molar-refractivity contribution in [2.75, 3.05) is 11.9 Å². The molecule has 0 aliphatic rings. The summed E-state index contributed by atoms with van der Waals surface area (Å²) in [6.07, 6.45) is 0. The van der Waals surface area contributed by atoms with Crippen LogP contribution in [0.4, 0.5) is 11.4 Å². The van der Waals surface area contributed by atoms with Crippen molar-refractivity contribution < 1.29 is 10.0 Å². The van der Waals surface area contributed by atoms with Crippen LogP contribution in [0.2, 0.25) is 0 Å². The van der Waals surface area contributed by atoms with Gasteiger partial charge in [-0.1, -0.05) is 6.07 Å². The topological polar surface area (TPSA) is 75.4 Å². The van der Waals surface area contributed by atoms with Crippen LogP contribution in [0.15, 0.2) is 18.2 Å². The zero-order valence-electron chi connectivity index (χ0n) is 7.15. The van der Waals surface area contributed by atoms with E-state index >= 15 is 0 Å². The van der Waals surface area contributed by atoms with Crippen LogP contribution in [0.25, 0.3) is 0 Å². The zero-order chi connectivity index (χ0) is 9.84. The lowest BCUT2D eigenvalue weighted by Crippen LogP contribution is -2.00. The molecule has 0 saturated carbocycles. The van der Waals surface area contributed by atoms with Crippen molar-refractivity contribution in [2.45, 2.75) is 6.92 Å². The van der Waals surface area contributed by atoms with Gasteiger partial charge in [-0.15, -0.1) is 0 Å². The number of para-hydroxylation sites is 1. The highest BCUT2D eigenvalue weighted by Crippen LogP contribution is 2.33. The Hall–Kier alpha value is -1.78. The normalized spacial score (nSPS) is 9.62. The van der Waals surface area contributed by atoms with E-state index in [1.54, 1.807) is 12.1 Å². The van der Waals surface area contributed by atoms with Crippen LogP contribution < -0.4 is 5.32 Å². The number of anilines is 1. The molecule has 5 heteroatoms. The van der Waals surface area contributed by atoms with Crippen LogP contribution in [0, 0.1) is 10.1 Å². The highest BCUT2D eigenvalue weighted by Gasteiger charge is 2.17. The summed E-state index contributed by atoms with van der Waals surface area (Å²) in [4.78, 5) is 9.92. The summed E-state index contributed by atoms with van der Waals surface area (Å²) in [5.41, 5.74) is 0.0665. The van der Waals surface area contributed by atoms with Gasteiger partial charge in [0.25, 0.3) is 0 Å². The zero-order valence-corrected chi connectivity index (χ0v) is 7.15. The molecule has 0 radical (unpaired) electrons. The summed E-state index contributed by atoms with van der Waals surface area (Å²) in [7, 11) is 0. The standard InChI is InChI=1S/C8H10N2O3/c1-2-9-6-4-3-5-7(11)8(6)10(12)13/h3-5,9,11H,2H2,1H3. The number of nitro groups is 1. The van der Waals surface area contributed by atoms with E-state index in [0.29, 0.717) is 12.2 Å². The number of phenols is 1. The Bertz CT molecular complexity index is 325. The molecule has 13 heavy (non-hydrogen) atoms. The third-order valence-electron chi connectivity index (χ3n) is 1.56. The highest BCUT2D eigenvalue weighted by molar-refractivity contribution is 5.67. The SMILES string of the molecule is CCNc1cccc(O)c1[N+](=O)[O-]. The van der Waals surface area contributed by atoms with Crippen molar-refractivity contribution in [1.29, 1.82) is 0 Å². The van der Waals surface area contributed by atoms with E-state index in [0.717, 1.165) is 0 Å². The molecule has 0 saturated heterocycles. The third kappa shape index (κ3) is 1.87. The summed E-state index contributed by atoms with van der Waals surface area (Å²) in [6.45, 7) is 2.40. The van der Waals surface area contributed by atoms with Gasteiger partial charge in [-0.2, -0.15) is 0 Å². The second-order valence-electron chi connectivity index (χ2n) is 2.46. The fourth-order valence-corrected chi connectivity index (χ4v) is 1.06. The Balaban J connectivity index is 3.17. The number of hydrogen-bond acceptors (Lipinski definition) is 4. The predicted octanol–water partition coefficient (Wildman–Crippen LogP) is 1.73. The minimum absolute atomic E-state index is 0.274. The molecule has 70 valence electrons. The van der Waals surface area contributed by atoms with Gasteiger partial charge < -0.3 is 10.4 Å². The Morgan fingerprint density at radius 3 is 2.85 bits per heavy atom. The number of benzene rings is 1. The minimum atomic E-state index is -0.604. The fourth-order valence-electron chi connectivity index (χ4n) is 1.06.